The number of ether oxygens (including phenoxy) is 1. The van der Waals surface area contributed by atoms with Crippen LogP contribution in [0.25, 0.3) is 21.2 Å². The summed E-state index contributed by atoms with van der Waals surface area (Å²) in [5.74, 6) is -0.150. The zero-order valence-electron chi connectivity index (χ0n) is 15.0. The van der Waals surface area contributed by atoms with Crippen molar-refractivity contribution in [3.63, 3.8) is 0 Å². The van der Waals surface area contributed by atoms with Crippen molar-refractivity contribution in [2.24, 2.45) is 0 Å². The fraction of sp³-hybridized carbons (Fsp3) is 0.0952. The van der Waals surface area contributed by atoms with E-state index in [1.807, 2.05) is 24.3 Å². The number of ketones is 1. The van der Waals surface area contributed by atoms with Gasteiger partial charge in [0.05, 0.1) is 11.3 Å². The summed E-state index contributed by atoms with van der Waals surface area (Å²) in [5, 5.41) is 2.41. The molecule has 0 unspecified atom stereocenters. The number of Topliss-reactive ketones (excluding diaryl/α,β-unsaturated/α-hetero) is 1. The molecule has 8 heteroatoms. The number of nitrogen functional groups attached to an aromatic ring is 1. The lowest BCUT2D eigenvalue weighted by atomic mass is 10.0. The van der Waals surface area contributed by atoms with Crippen molar-refractivity contribution in [1.82, 2.24) is 9.97 Å². The third kappa shape index (κ3) is 4.38. The van der Waals surface area contributed by atoms with Gasteiger partial charge in [0.2, 0.25) is 0 Å². The van der Waals surface area contributed by atoms with Crippen LogP contribution in [0.3, 0.4) is 0 Å². The van der Waals surface area contributed by atoms with Crippen LogP contribution in [-0.2, 0) is 6.42 Å². The Morgan fingerprint density at radius 2 is 1.83 bits per heavy atom. The Hall–Kier alpha value is -3.39. The summed E-state index contributed by atoms with van der Waals surface area (Å²) >= 11 is 1.41. The molecule has 0 aliphatic carbocycles. The van der Waals surface area contributed by atoms with Gasteiger partial charge < -0.3 is 10.5 Å². The first-order valence-corrected chi connectivity index (χ1v) is 9.48. The van der Waals surface area contributed by atoms with E-state index in [0.717, 1.165) is 21.2 Å². The molecule has 0 atom stereocenters. The van der Waals surface area contributed by atoms with Gasteiger partial charge in [-0.2, -0.15) is 8.78 Å². The van der Waals surface area contributed by atoms with Crippen LogP contribution in [0.1, 0.15) is 16.1 Å². The Labute approximate surface area is 168 Å². The molecule has 146 valence electrons. The number of anilines is 1. The minimum atomic E-state index is -2.90. The molecule has 2 aromatic heterocycles. The number of fused-ring (bicyclic) bond motifs is 1. The van der Waals surface area contributed by atoms with E-state index in [4.69, 9.17) is 5.73 Å². The van der Waals surface area contributed by atoms with Crippen LogP contribution in [0.2, 0.25) is 0 Å². The van der Waals surface area contributed by atoms with Crippen LogP contribution in [0.5, 0.6) is 5.75 Å². The summed E-state index contributed by atoms with van der Waals surface area (Å²) < 4.78 is 28.7. The number of rotatable bonds is 6. The summed E-state index contributed by atoms with van der Waals surface area (Å²) in [5.41, 5.74) is 7.73. The molecule has 4 aromatic rings. The summed E-state index contributed by atoms with van der Waals surface area (Å²) in [6.07, 6.45) is 3.55. The SMILES string of the molecule is Nc1ncc(-c2ccc3cnc(CC(=O)c4ccc(OC(F)F)cc4)cc3c2)s1. The molecular weight excluding hydrogens is 396 g/mol. The first kappa shape index (κ1) is 18.9. The lowest BCUT2D eigenvalue weighted by molar-refractivity contribution is -0.0498. The van der Waals surface area contributed by atoms with Crippen LogP contribution in [0.15, 0.2) is 60.9 Å². The van der Waals surface area contributed by atoms with Crippen molar-refractivity contribution < 1.29 is 18.3 Å². The Kier molecular flexibility index (Phi) is 5.18. The van der Waals surface area contributed by atoms with Gasteiger partial charge in [0, 0.05) is 29.0 Å². The number of benzene rings is 2. The van der Waals surface area contributed by atoms with Crippen LogP contribution in [-0.4, -0.2) is 22.4 Å². The van der Waals surface area contributed by atoms with Crippen molar-refractivity contribution in [2.45, 2.75) is 13.0 Å². The van der Waals surface area contributed by atoms with Gasteiger partial charge in [-0.25, -0.2) is 4.98 Å². The van der Waals surface area contributed by atoms with E-state index in [1.165, 1.54) is 35.6 Å². The van der Waals surface area contributed by atoms with E-state index in [-0.39, 0.29) is 18.0 Å². The number of alkyl halides is 2. The van der Waals surface area contributed by atoms with Gasteiger partial charge in [-0.15, -0.1) is 0 Å². The first-order chi connectivity index (χ1) is 14.0. The monoisotopic (exact) mass is 411 g/mol. The average molecular weight is 411 g/mol. The number of halogens is 2. The molecule has 0 radical (unpaired) electrons. The predicted molar refractivity (Wildman–Crippen MR) is 108 cm³/mol. The van der Waals surface area contributed by atoms with Gasteiger partial charge >= 0.3 is 6.61 Å². The Morgan fingerprint density at radius 1 is 1.03 bits per heavy atom. The zero-order chi connectivity index (χ0) is 20.4. The third-order valence-corrected chi connectivity index (χ3v) is 5.21. The molecule has 4 rings (SSSR count). The average Bonchev–Trinajstić information content (AvgIpc) is 3.14. The number of pyridine rings is 1. The second-order valence-electron chi connectivity index (χ2n) is 6.30. The van der Waals surface area contributed by atoms with Crippen LogP contribution < -0.4 is 10.5 Å². The highest BCUT2D eigenvalue weighted by Gasteiger charge is 2.11. The van der Waals surface area contributed by atoms with Gasteiger partial charge in [-0.3, -0.25) is 9.78 Å². The number of thiazole rings is 1. The Morgan fingerprint density at radius 3 is 2.52 bits per heavy atom. The minimum Gasteiger partial charge on any atom is -0.435 e. The summed E-state index contributed by atoms with van der Waals surface area (Å²) in [6.45, 7) is -2.90. The number of carbonyl (C=O) groups is 1. The van der Waals surface area contributed by atoms with Gasteiger partial charge in [-0.05, 0) is 47.3 Å². The number of aromatic nitrogens is 2. The molecule has 0 saturated heterocycles. The molecule has 0 fully saturated rings. The number of nitrogens with two attached hydrogens (primary N) is 1. The summed E-state index contributed by atoms with van der Waals surface area (Å²) in [4.78, 5) is 21.9. The van der Waals surface area contributed by atoms with Crippen molar-refractivity contribution in [3.8, 4) is 16.2 Å². The third-order valence-electron chi connectivity index (χ3n) is 4.33. The predicted octanol–water partition coefficient (Wildman–Crippen LogP) is 4.97. The van der Waals surface area contributed by atoms with E-state index >= 15 is 0 Å². The van der Waals surface area contributed by atoms with Gasteiger partial charge in [-0.1, -0.05) is 23.5 Å². The number of nitrogens with zero attached hydrogens (tertiary/aromatic N) is 2. The maximum absolute atomic E-state index is 12.5. The van der Waals surface area contributed by atoms with Gasteiger partial charge in [0.15, 0.2) is 10.9 Å². The van der Waals surface area contributed by atoms with E-state index in [9.17, 15) is 13.6 Å². The van der Waals surface area contributed by atoms with E-state index < -0.39 is 6.61 Å². The second-order valence-corrected chi connectivity index (χ2v) is 7.37. The van der Waals surface area contributed by atoms with Crippen LogP contribution in [0.4, 0.5) is 13.9 Å². The molecule has 2 N–H and O–H groups in total. The molecule has 0 spiro atoms. The molecule has 2 heterocycles. The van der Waals surface area contributed by atoms with E-state index in [0.29, 0.717) is 16.4 Å². The molecule has 0 bridgehead atoms. The highest BCUT2D eigenvalue weighted by Crippen LogP contribution is 2.30. The molecule has 5 nitrogen and oxygen atoms in total. The van der Waals surface area contributed by atoms with Crippen molar-refractivity contribution in [2.75, 3.05) is 5.73 Å². The Bertz CT molecular complexity index is 1180. The molecule has 0 aliphatic heterocycles. The summed E-state index contributed by atoms with van der Waals surface area (Å²) in [6, 6.07) is 13.4. The van der Waals surface area contributed by atoms with Crippen molar-refractivity contribution >= 4 is 33.0 Å². The smallest absolute Gasteiger partial charge is 0.387 e. The normalized spacial score (nSPS) is 11.1. The molecule has 2 aromatic carbocycles. The fourth-order valence-electron chi connectivity index (χ4n) is 2.95. The van der Waals surface area contributed by atoms with Crippen molar-refractivity contribution in [3.05, 3.63) is 72.2 Å². The first-order valence-electron chi connectivity index (χ1n) is 8.66. The molecule has 0 amide bonds. The number of hydrogen-bond acceptors (Lipinski definition) is 6. The number of carbonyl (C=O) groups excluding carboxylic acids is 1. The minimum absolute atomic E-state index is 0.0108. The maximum atomic E-state index is 12.5. The Balaban J connectivity index is 1.55. The second kappa shape index (κ2) is 7.92. The zero-order valence-corrected chi connectivity index (χ0v) is 15.8. The molecular formula is C21H15F2N3O2S. The van der Waals surface area contributed by atoms with Crippen LogP contribution in [0, 0.1) is 0 Å². The lowest BCUT2D eigenvalue weighted by Gasteiger charge is -2.06. The largest absolute Gasteiger partial charge is 0.435 e. The quantitative estimate of drug-likeness (QED) is 0.454. The topological polar surface area (TPSA) is 78.1 Å². The molecule has 0 saturated carbocycles. The van der Waals surface area contributed by atoms with E-state index in [2.05, 4.69) is 14.7 Å². The van der Waals surface area contributed by atoms with Crippen molar-refractivity contribution in [1.29, 1.82) is 0 Å². The standard InChI is InChI=1S/C21H15F2N3O2S/c22-20(23)28-17-5-3-12(4-6-17)18(27)9-16-8-15-7-13(1-2-14(15)10-25-16)19-11-26-21(24)29-19/h1-8,10-11,20H,9H2,(H2,24,26). The maximum Gasteiger partial charge on any atom is 0.387 e. The highest BCUT2D eigenvalue weighted by atomic mass is 32.1. The number of hydrogen-bond donors (Lipinski definition) is 1. The highest BCUT2D eigenvalue weighted by molar-refractivity contribution is 7.18. The van der Waals surface area contributed by atoms with Crippen LogP contribution >= 0.6 is 11.3 Å². The van der Waals surface area contributed by atoms with E-state index in [1.54, 1.807) is 12.4 Å². The summed E-state index contributed by atoms with van der Waals surface area (Å²) in [7, 11) is 0. The molecule has 29 heavy (non-hydrogen) atoms. The lowest BCUT2D eigenvalue weighted by Crippen LogP contribution is -2.06. The van der Waals surface area contributed by atoms with Gasteiger partial charge in [0.1, 0.15) is 5.75 Å². The fourth-order valence-corrected chi connectivity index (χ4v) is 3.63. The molecule has 0 aliphatic rings. The van der Waals surface area contributed by atoms with Gasteiger partial charge in [0.25, 0.3) is 0 Å².